The average Bonchev–Trinajstić information content (AvgIpc) is 2.85. The first kappa shape index (κ1) is 13.7. The molecule has 17 heavy (non-hydrogen) atoms. The minimum absolute atomic E-state index is 0.00479. The summed E-state index contributed by atoms with van der Waals surface area (Å²) in [6, 6.07) is 2.97. The number of rotatable bonds is 6. The van der Waals surface area contributed by atoms with E-state index in [-0.39, 0.29) is 12.3 Å². The standard InChI is InChI=1S/C10H16N2O5/c11-3-7-1-2-8(17-7)9(16)12-10(4-13,5-14)6-15/h1-2,13-15H,3-6,11H2,(H,12,16). The summed E-state index contributed by atoms with van der Waals surface area (Å²) in [7, 11) is 0. The Morgan fingerprint density at radius 3 is 2.29 bits per heavy atom. The van der Waals surface area contributed by atoms with E-state index < -0.39 is 31.3 Å². The quantitative estimate of drug-likeness (QED) is 0.401. The minimum atomic E-state index is -1.47. The van der Waals surface area contributed by atoms with Crippen LogP contribution in [-0.2, 0) is 6.54 Å². The first-order valence-electron chi connectivity index (χ1n) is 5.04. The number of carbonyl (C=O) groups excluding carboxylic acids is 1. The van der Waals surface area contributed by atoms with E-state index in [1.807, 2.05) is 0 Å². The predicted octanol–water partition coefficient (Wildman–Crippen LogP) is -1.82. The molecule has 0 aromatic carbocycles. The van der Waals surface area contributed by atoms with Gasteiger partial charge in [0.25, 0.3) is 5.91 Å². The van der Waals surface area contributed by atoms with Crippen LogP contribution in [0, 0.1) is 0 Å². The van der Waals surface area contributed by atoms with Crippen molar-refractivity contribution in [2.24, 2.45) is 5.73 Å². The highest BCUT2D eigenvalue weighted by molar-refractivity contribution is 5.92. The monoisotopic (exact) mass is 244 g/mol. The molecule has 0 aliphatic heterocycles. The molecule has 0 radical (unpaired) electrons. The zero-order valence-corrected chi connectivity index (χ0v) is 9.22. The molecule has 1 amide bonds. The number of amides is 1. The Labute approximate surface area is 97.8 Å². The van der Waals surface area contributed by atoms with Crippen LogP contribution in [0.1, 0.15) is 16.3 Å². The molecule has 0 saturated heterocycles. The van der Waals surface area contributed by atoms with Gasteiger partial charge < -0.3 is 30.8 Å². The molecule has 7 heteroatoms. The van der Waals surface area contributed by atoms with Crippen LogP contribution >= 0.6 is 0 Å². The lowest BCUT2D eigenvalue weighted by molar-refractivity contribution is 0.0363. The molecule has 1 rings (SSSR count). The van der Waals surface area contributed by atoms with Crippen molar-refractivity contribution in [1.29, 1.82) is 0 Å². The molecule has 0 spiro atoms. The molecule has 0 fully saturated rings. The molecule has 1 heterocycles. The topological polar surface area (TPSA) is 129 Å². The smallest absolute Gasteiger partial charge is 0.287 e. The number of carbonyl (C=O) groups is 1. The van der Waals surface area contributed by atoms with Crippen LogP contribution in [0.2, 0.25) is 0 Å². The molecule has 0 unspecified atom stereocenters. The van der Waals surface area contributed by atoms with Gasteiger partial charge in [-0.05, 0) is 12.1 Å². The van der Waals surface area contributed by atoms with Crippen LogP contribution in [0.3, 0.4) is 0 Å². The maximum Gasteiger partial charge on any atom is 0.287 e. The van der Waals surface area contributed by atoms with E-state index in [2.05, 4.69) is 5.32 Å². The first-order chi connectivity index (χ1) is 8.10. The van der Waals surface area contributed by atoms with Crippen molar-refractivity contribution in [2.45, 2.75) is 12.1 Å². The summed E-state index contributed by atoms with van der Waals surface area (Å²) < 4.78 is 5.09. The third-order valence-electron chi connectivity index (χ3n) is 2.37. The molecule has 0 saturated carbocycles. The van der Waals surface area contributed by atoms with Crippen molar-refractivity contribution < 1.29 is 24.5 Å². The average molecular weight is 244 g/mol. The van der Waals surface area contributed by atoms with Crippen molar-refractivity contribution in [3.05, 3.63) is 23.7 Å². The summed E-state index contributed by atoms with van der Waals surface area (Å²) in [5.74, 6) is -0.190. The molecule has 96 valence electrons. The zero-order chi connectivity index (χ0) is 12.9. The summed E-state index contributed by atoms with van der Waals surface area (Å²) in [5.41, 5.74) is 3.86. The number of nitrogens with two attached hydrogens (primary N) is 1. The lowest BCUT2D eigenvalue weighted by atomic mass is 10.0. The number of aliphatic hydroxyl groups excluding tert-OH is 3. The third kappa shape index (κ3) is 3.04. The number of aliphatic hydroxyl groups is 3. The van der Waals surface area contributed by atoms with Crippen LogP contribution in [0.25, 0.3) is 0 Å². The summed E-state index contributed by atoms with van der Waals surface area (Å²) >= 11 is 0. The molecule has 0 aliphatic carbocycles. The van der Waals surface area contributed by atoms with E-state index in [1.165, 1.54) is 6.07 Å². The van der Waals surface area contributed by atoms with Crippen molar-refractivity contribution in [1.82, 2.24) is 5.32 Å². The van der Waals surface area contributed by atoms with E-state index in [0.717, 1.165) is 0 Å². The van der Waals surface area contributed by atoms with Crippen molar-refractivity contribution in [3.63, 3.8) is 0 Å². The Morgan fingerprint density at radius 1 is 1.29 bits per heavy atom. The van der Waals surface area contributed by atoms with Gasteiger partial charge >= 0.3 is 0 Å². The van der Waals surface area contributed by atoms with Crippen molar-refractivity contribution >= 4 is 5.91 Å². The van der Waals surface area contributed by atoms with Gasteiger partial charge in [-0.2, -0.15) is 0 Å². The second kappa shape index (κ2) is 5.78. The number of hydrogen-bond acceptors (Lipinski definition) is 6. The Balaban J connectivity index is 2.77. The van der Waals surface area contributed by atoms with Gasteiger partial charge in [0.1, 0.15) is 11.3 Å². The third-order valence-corrected chi connectivity index (χ3v) is 2.37. The molecule has 6 N–H and O–H groups in total. The van der Waals surface area contributed by atoms with Gasteiger partial charge in [0.2, 0.25) is 0 Å². The highest BCUT2D eigenvalue weighted by Crippen LogP contribution is 2.09. The van der Waals surface area contributed by atoms with Crippen LogP contribution < -0.4 is 11.1 Å². The predicted molar refractivity (Wildman–Crippen MR) is 58.1 cm³/mol. The molecule has 1 aromatic rings. The Hall–Kier alpha value is -1.41. The molecule has 0 atom stereocenters. The molecule has 7 nitrogen and oxygen atoms in total. The number of furan rings is 1. The zero-order valence-electron chi connectivity index (χ0n) is 9.22. The fourth-order valence-electron chi connectivity index (χ4n) is 1.18. The highest BCUT2D eigenvalue weighted by atomic mass is 16.4. The highest BCUT2D eigenvalue weighted by Gasteiger charge is 2.31. The van der Waals surface area contributed by atoms with Crippen LogP contribution in [-0.4, -0.2) is 46.6 Å². The second-order valence-corrected chi connectivity index (χ2v) is 3.68. The Morgan fingerprint density at radius 2 is 1.88 bits per heavy atom. The minimum Gasteiger partial charge on any atom is -0.455 e. The maximum atomic E-state index is 11.7. The normalized spacial score (nSPS) is 11.5. The summed E-state index contributed by atoms with van der Waals surface area (Å²) in [4.78, 5) is 11.7. The van der Waals surface area contributed by atoms with Crippen LogP contribution in [0.15, 0.2) is 16.5 Å². The van der Waals surface area contributed by atoms with E-state index in [0.29, 0.717) is 5.76 Å². The fraction of sp³-hybridized carbons (Fsp3) is 0.500. The Kier molecular flexibility index (Phi) is 4.64. The van der Waals surface area contributed by atoms with Gasteiger partial charge in [-0.3, -0.25) is 4.79 Å². The van der Waals surface area contributed by atoms with E-state index in [1.54, 1.807) is 6.07 Å². The summed E-state index contributed by atoms with van der Waals surface area (Å²) in [6.45, 7) is -1.60. The van der Waals surface area contributed by atoms with E-state index in [4.69, 9.17) is 25.5 Å². The fourth-order valence-corrected chi connectivity index (χ4v) is 1.18. The van der Waals surface area contributed by atoms with E-state index >= 15 is 0 Å². The summed E-state index contributed by atoms with van der Waals surface area (Å²) in [6.07, 6.45) is 0. The number of nitrogens with one attached hydrogen (secondary N) is 1. The van der Waals surface area contributed by atoms with Gasteiger partial charge in [0.05, 0.1) is 26.4 Å². The molecular formula is C10H16N2O5. The number of hydrogen-bond donors (Lipinski definition) is 5. The molecule has 0 aliphatic rings. The van der Waals surface area contributed by atoms with Crippen molar-refractivity contribution in [3.8, 4) is 0 Å². The van der Waals surface area contributed by atoms with Crippen LogP contribution in [0.4, 0.5) is 0 Å². The SMILES string of the molecule is NCc1ccc(C(=O)NC(CO)(CO)CO)o1. The van der Waals surface area contributed by atoms with Gasteiger partial charge in [-0.25, -0.2) is 0 Å². The van der Waals surface area contributed by atoms with E-state index in [9.17, 15) is 4.79 Å². The molecular weight excluding hydrogens is 228 g/mol. The summed E-state index contributed by atoms with van der Waals surface area (Å²) in [5, 5.41) is 29.4. The van der Waals surface area contributed by atoms with Gasteiger partial charge in [0.15, 0.2) is 5.76 Å². The first-order valence-corrected chi connectivity index (χ1v) is 5.04. The lowest BCUT2D eigenvalue weighted by Crippen LogP contribution is -2.56. The maximum absolute atomic E-state index is 11.7. The Bertz CT molecular complexity index is 364. The lowest BCUT2D eigenvalue weighted by Gasteiger charge is -2.28. The second-order valence-electron chi connectivity index (χ2n) is 3.68. The van der Waals surface area contributed by atoms with Crippen LogP contribution in [0.5, 0.6) is 0 Å². The molecule has 1 aromatic heterocycles. The largest absolute Gasteiger partial charge is 0.455 e. The van der Waals surface area contributed by atoms with Gasteiger partial charge in [-0.1, -0.05) is 0 Å². The van der Waals surface area contributed by atoms with Gasteiger partial charge in [-0.15, -0.1) is 0 Å². The molecule has 0 bridgehead atoms. The van der Waals surface area contributed by atoms with Gasteiger partial charge in [0, 0.05) is 0 Å². The van der Waals surface area contributed by atoms with Crippen molar-refractivity contribution in [2.75, 3.05) is 19.8 Å².